The minimum Gasteiger partial charge on any atom is -0.497 e. The Balaban J connectivity index is 1.52. The molecular formula is C20H25N3O5. The molecule has 0 aliphatic carbocycles. The molecule has 1 aliphatic heterocycles. The smallest absolute Gasteiger partial charge is 0.309 e. The van der Waals surface area contributed by atoms with Crippen LogP contribution in [0.1, 0.15) is 17.4 Å². The predicted octanol–water partition coefficient (Wildman–Crippen LogP) is 1.09. The van der Waals surface area contributed by atoms with Crippen LogP contribution in [0.4, 0.5) is 0 Å². The summed E-state index contributed by atoms with van der Waals surface area (Å²) < 4.78 is 16.1. The van der Waals surface area contributed by atoms with Crippen LogP contribution in [0.5, 0.6) is 5.75 Å². The van der Waals surface area contributed by atoms with E-state index in [9.17, 15) is 9.59 Å². The summed E-state index contributed by atoms with van der Waals surface area (Å²) >= 11 is 0. The van der Waals surface area contributed by atoms with Crippen LogP contribution in [0.2, 0.25) is 0 Å². The third kappa shape index (κ3) is 5.34. The van der Waals surface area contributed by atoms with E-state index in [1.54, 1.807) is 13.4 Å². The minimum atomic E-state index is -0.678. The first-order valence-electron chi connectivity index (χ1n) is 9.21. The van der Waals surface area contributed by atoms with Crippen LogP contribution >= 0.6 is 0 Å². The molecule has 2 N–H and O–H groups in total. The summed E-state index contributed by atoms with van der Waals surface area (Å²) in [6.07, 6.45) is 1.60. The fourth-order valence-corrected chi connectivity index (χ4v) is 3.09. The SMILES string of the molecule is COc1cccc(CNC(=O)C(=O)NC[C@@H](c2ccco2)N2CCOCC2)c1. The molecule has 1 saturated heterocycles. The zero-order valence-electron chi connectivity index (χ0n) is 15.8. The number of morpholine rings is 1. The van der Waals surface area contributed by atoms with E-state index < -0.39 is 11.8 Å². The molecule has 0 radical (unpaired) electrons. The average molecular weight is 387 g/mol. The molecule has 0 unspecified atom stereocenters. The predicted molar refractivity (Wildman–Crippen MR) is 102 cm³/mol. The highest BCUT2D eigenvalue weighted by molar-refractivity contribution is 6.35. The number of rotatable bonds is 7. The third-order valence-corrected chi connectivity index (χ3v) is 4.61. The molecule has 2 amide bonds. The molecule has 0 bridgehead atoms. The number of methoxy groups -OCH3 is 1. The normalized spacial score (nSPS) is 15.6. The molecule has 1 aromatic heterocycles. The fourth-order valence-electron chi connectivity index (χ4n) is 3.09. The number of amides is 2. The van der Waals surface area contributed by atoms with Gasteiger partial charge in [-0.05, 0) is 29.8 Å². The van der Waals surface area contributed by atoms with Crippen molar-refractivity contribution in [3.8, 4) is 5.75 Å². The van der Waals surface area contributed by atoms with Crippen LogP contribution in [-0.4, -0.2) is 56.7 Å². The molecule has 8 nitrogen and oxygen atoms in total. The average Bonchev–Trinajstić information content (AvgIpc) is 3.27. The molecule has 3 rings (SSSR count). The standard InChI is InChI=1S/C20H25N3O5/c1-26-16-5-2-4-15(12-16)13-21-19(24)20(25)22-14-17(18-6-3-9-28-18)23-7-10-27-11-8-23/h2-6,9,12,17H,7-8,10-11,13-14H2,1H3,(H,21,24)(H,22,25)/t17-/m0/s1. The van der Waals surface area contributed by atoms with E-state index in [2.05, 4.69) is 15.5 Å². The Labute approximate surface area is 163 Å². The fraction of sp³-hybridized carbons (Fsp3) is 0.400. The second-order valence-electron chi connectivity index (χ2n) is 6.42. The summed E-state index contributed by atoms with van der Waals surface area (Å²) in [7, 11) is 1.58. The number of hydrogen-bond acceptors (Lipinski definition) is 6. The lowest BCUT2D eigenvalue weighted by atomic mass is 10.1. The maximum atomic E-state index is 12.2. The number of ether oxygens (including phenoxy) is 2. The summed E-state index contributed by atoms with van der Waals surface area (Å²) in [5.74, 6) is 0.0951. The van der Waals surface area contributed by atoms with E-state index in [1.165, 1.54) is 0 Å². The maximum Gasteiger partial charge on any atom is 0.309 e. The third-order valence-electron chi connectivity index (χ3n) is 4.61. The van der Waals surface area contributed by atoms with E-state index >= 15 is 0 Å². The number of furan rings is 1. The maximum absolute atomic E-state index is 12.2. The highest BCUT2D eigenvalue weighted by atomic mass is 16.5. The van der Waals surface area contributed by atoms with E-state index in [1.807, 2.05) is 36.4 Å². The van der Waals surface area contributed by atoms with E-state index in [4.69, 9.17) is 13.9 Å². The number of carbonyl (C=O) groups is 2. The summed E-state index contributed by atoms with van der Waals surface area (Å²) in [5, 5.41) is 5.33. The van der Waals surface area contributed by atoms with Crippen molar-refractivity contribution in [1.82, 2.24) is 15.5 Å². The van der Waals surface area contributed by atoms with Crippen LogP contribution in [-0.2, 0) is 20.9 Å². The Morgan fingerprint density at radius 3 is 2.64 bits per heavy atom. The van der Waals surface area contributed by atoms with Gasteiger partial charge in [-0.1, -0.05) is 12.1 Å². The zero-order valence-corrected chi connectivity index (χ0v) is 15.8. The van der Waals surface area contributed by atoms with Gasteiger partial charge in [0.15, 0.2) is 0 Å². The first kappa shape index (κ1) is 19.9. The molecule has 1 fully saturated rings. The molecule has 2 heterocycles. The van der Waals surface area contributed by atoms with Crippen molar-refractivity contribution in [2.45, 2.75) is 12.6 Å². The van der Waals surface area contributed by atoms with E-state index in [0.29, 0.717) is 19.0 Å². The topological polar surface area (TPSA) is 93.0 Å². The van der Waals surface area contributed by atoms with Crippen LogP contribution in [0.3, 0.4) is 0 Å². The molecule has 2 aromatic rings. The quantitative estimate of drug-likeness (QED) is 0.691. The molecule has 150 valence electrons. The highest BCUT2D eigenvalue weighted by Crippen LogP contribution is 2.21. The monoisotopic (exact) mass is 387 g/mol. The summed E-state index contributed by atoms with van der Waals surface area (Å²) in [5.41, 5.74) is 0.849. The number of nitrogens with one attached hydrogen (secondary N) is 2. The van der Waals surface area contributed by atoms with Gasteiger partial charge in [0.25, 0.3) is 0 Å². The van der Waals surface area contributed by atoms with Crippen molar-refractivity contribution in [2.75, 3.05) is 40.0 Å². The Morgan fingerprint density at radius 1 is 1.14 bits per heavy atom. The molecule has 0 saturated carbocycles. The summed E-state index contributed by atoms with van der Waals surface area (Å²) in [6, 6.07) is 10.8. The second-order valence-corrected chi connectivity index (χ2v) is 6.42. The van der Waals surface area contributed by atoms with Gasteiger partial charge in [0.2, 0.25) is 0 Å². The van der Waals surface area contributed by atoms with Gasteiger partial charge < -0.3 is 24.5 Å². The van der Waals surface area contributed by atoms with E-state index in [-0.39, 0.29) is 19.1 Å². The van der Waals surface area contributed by atoms with Crippen molar-refractivity contribution < 1.29 is 23.5 Å². The zero-order chi connectivity index (χ0) is 19.8. The lowest BCUT2D eigenvalue weighted by Crippen LogP contribution is -2.46. The second kappa shape index (κ2) is 9.91. The van der Waals surface area contributed by atoms with Gasteiger partial charge in [0.05, 0.1) is 32.6 Å². The van der Waals surface area contributed by atoms with Crippen molar-refractivity contribution in [2.24, 2.45) is 0 Å². The Bertz CT molecular complexity index is 772. The lowest BCUT2D eigenvalue weighted by Gasteiger charge is -2.33. The molecule has 0 spiro atoms. The largest absolute Gasteiger partial charge is 0.497 e. The van der Waals surface area contributed by atoms with E-state index in [0.717, 1.165) is 24.4 Å². The number of nitrogens with zero attached hydrogens (tertiary/aromatic N) is 1. The van der Waals surface area contributed by atoms with Gasteiger partial charge >= 0.3 is 11.8 Å². The van der Waals surface area contributed by atoms with Gasteiger partial charge in [0, 0.05) is 26.2 Å². The van der Waals surface area contributed by atoms with Crippen LogP contribution < -0.4 is 15.4 Å². The Kier molecular flexibility index (Phi) is 7.05. The summed E-state index contributed by atoms with van der Waals surface area (Å²) in [6.45, 7) is 3.26. The number of benzene rings is 1. The molecule has 1 aromatic carbocycles. The molecule has 1 aliphatic rings. The Hall–Kier alpha value is -2.84. The van der Waals surface area contributed by atoms with Crippen LogP contribution in [0.25, 0.3) is 0 Å². The molecule has 8 heteroatoms. The van der Waals surface area contributed by atoms with Crippen molar-refractivity contribution in [3.05, 3.63) is 54.0 Å². The molecule has 1 atom stereocenters. The first-order chi connectivity index (χ1) is 13.7. The van der Waals surface area contributed by atoms with Gasteiger partial charge in [-0.25, -0.2) is 0 Å². The van der Waals surface area contributed by atoms with Gasteiger partial charge in [-0.3, -0.25) is 14.5 Å². The highest BCUT2D eigenvalue weighted by Gasteiger charge is 2.26. The van der Waals surface area contributed by atoms with Crippen LogP contribution in [0, 0.1) is 0 Å². The van der Waals surface area contributed by atoms with Crippen molar-refractivity contribution in [1.29, 1.82) is 0 Å². The van der Waals surface area contributed by atoms with Gasteiger partial charge in [-0.2, -0.15) is 0 Å². The molecule has 28 heavy (non-hydrogen) atoms. The van der Waals surface area contributed by atoms with Gasteiger partial charge in [-0.15, -0.1) is 0 Å². The van der Waals surface area contributed by atoms with Crippen molar-refractivity contribution >= 4 is 11.8 Å². The van der Waals surface area contributed by atoms with Gasteiger partial charge in [0.1, 0.15) is 11.5 Å². The number of hydrogen-bond donors (Lipinski definition) is 2. The first-order valence-corrected chi connectivity index (χ1v) is 9.21. The number of carbonyl (C=O) groups excluding carboxylic acids is 2. The summed E-state index contributed by atoms with van der Waals surface area (Å²) in [4.78, 5) is 26.5. The molecular weight excluding hydrogens is 362 g/mol. The lowest BCUT2D eigenvalue weighted by molar-refractivity contribution is -0.139. The minimum absolute atomic E-state index is 0.144. The van der Waals surface area contributed by atoms with Crippen LogP contribution in [0.15, 0.2) is 47.1 Å². The Morgan fingerprint density at radius 2 is 1.93 bits per heavy atom. The van der Waals surface area contributed by atoms with Crippen molar-refractivity contribution in [3.63, 3.8) is 0 Å².